The SMILES string of the molecule is Nc1ccc(-c2cc(-c3ccc(Cl)cc3Cl)nc(N)n2)cc1. The quantitative estimate of drug-likeness (QED) is 0.687. The summed E-state index contributed by atoms with van der Waals surface area (Å²) in [5.74, 6) is 0.176. The number of nitrogens with two attached hydrogens (primary N) is 2. The van der Waals surface area contributed by atoms with E-state index in [4.69, 9.17) is 34.7 Å². The molecule has 6 heteroatoms. The Morgan fingerprint density at radius 2 is 1.45 bits per heavy atom. The first-order valence-corrected chi connectivity index (χ1v) is 7.24. The highest BCUT2D eigenvalue weighted by Crippen LogP contribution is 2.31. The van der Waals surface area contributed by atoms with Crippen LogP contribution in [0.3, 0.4) is 0 Å². The van der Waals surface area contributed by atoms with Gasteiger partial charge < -0.3 is 11.5 Å². The summed E-state index contributed by atoms with van der Waals surface area (Å²) in [6, 6.07) is 14.4. The molecule has 110 valence electrons. The lowest BCUT2D eigenvalue weighted by molar-refractivity contribution is 1.19. The Morgan fingerprint density at radius 3 is 2.14 bits per heavy atom. The lowest BCUT2D eigenvalue weighted by Gasteiger charge is -2.08. The molecule has 0 fully saturated rings. The van der Waals surface area contributed by atoms with Gasteiger partial charge in [-0.3, -0.25) is 0 Å². The van der Waals surface area contributed by atoms with Gasteiger partial charge in [-0.05, 0) is 36.4 Å². The topological polar surface area (TPSA) is 77.8 Å². The van der Waals surface area contributed by atoms with E-state index in [0.29, 0.717) is 27.1 Å². The van der Waals surface area contributed by atoms with Gasteiger partial charge >= 0.3 is 0 Å². The summed E-state index contributed by atoms with van der Waals surface area (Å²) in [6.45, 7) is 0. The Balaban J connectivity index is 2.12. The fraction of sp³-hybridized carbons (Fsp3) is 0. The second-order valence-electron chi connectivity index (χ2n) is 4.74. The maximum Gasteiger partial charge on any atom is 0.221 e. The fourth-order valence-electron chi connectivity index (χ4n) is 2.10. The molecule has 0 saturated heterocycles. The van der Waals surface area contributed by atoms with Crippen molar-refractivity contribution in [3.63, 3.8) is 0 Å². The van der Waals surface area contributed by atoms with Gasteiger partial charge in [0.15, 0.2) is 0 Å². The minimum Gasteiger partial charge on any atom is -0.399 e. The molecule has 0 amide bonds. The van der Waals surface area contributed by atoms with Gasteiger partial charge in [0.1, 0.15) is 0 Å². The number of rotatable bonds is 2. The van der Waals surface area contributed by atoms with E-state index in [-0.39, 0.29) is 5.95 Å². The second-order valence-corrected chi connectivity index (χ2v) is 5.59. The number of benzene rings is 2. The Kier molecular flexibility index (Phi) is 3.88. The van der Waals surface area contributed by atoms with Crippen LogP contribution in [-0.2, 0) is 0 Å². The molecular formula is C16H12Cl2N4. The van der Waals surface area contributed by atoms with E-state index >= 15 is 0 Å². The summed E-state index contributed by atoms with van der Waals surface area (Å²) in [5, 5.41) is 1.07. The third-order valence-electron chi connectivity index (χ3n) is 3.16. The van der Waals surface area contributed by atoms with E-state index in [9.17, 15) is 0 Å². The van der Waals surface area contributed by atoms with Crippen molar-refractivity contribution >= 4 is 34.8 Å². The van der Waals surface area contributed by atoms with Crippen LogP contribution in [0.15, 0.2) is 48.5 Å². The minimum atomic E-state index is 0.176. The number of halogens is 2. The van der Waals surface area contributed by atoms with Crippen LogP contribution in [0.2, 0.25) is 10.0 Å². The van der Waals surface area contributed by atoms with Crippen LogP contribution in [0.25, 0.3) is 22.5 Å². The first kappa shape index (κ1) is 14.6. The highest BCUT2D eigenvalue weighted by atomic mass is 35.5. The molecule has 1 aromatic heterocycles. The highest BCUT2D eigenvalue weighted by Gasteiger charge is 2.10. The molecule has 22 heavy (non-hydrogen) atoms. The van der Waals surface area contributed by atoms with Gasteiger partial charge in [0.25, 0.3) is 0 Å². The molecule has 0 aliphatic heterocycles. The molecule has 0 aliphatic rings. The van der Waals surface area contributed by atoms with Gasteiger partial charge in [0.2, 0.25) is 5.95 Å². The van der Waals surface area contributed by atoms with Gasteiger partial charge in [-0.1, -0.05) is 35.3 Å². The molecule has 4 N–H and O–H groups in total. The second kappa shape index (κ2) is 5.83. The van der Waals surface area contributed by atoms with Crippen LogP contribution in [0.4, 0.5) is 11.6 Å². The smallest absolute Gasteiger partial charge is 0.221 e. The van der Waals surface area contributed by atoms with Crippen molar-refractivity contribution in [3.8, 4) is 22.5 Å². The van der Waals surface area contributed by atoms with Gasteiger partial charge in [-0.2, -0.15) is 0 Å². The third-order valence-corrected chi connectivity index (χ3v) is 3.70. The van der Waals surface area contributed by atoms with Crippen molar-refractivity contribution in [1.82, 2.24) is 9.97 Å². The molecule has 2 aromatic carbocycles. The first-order valence-electron chi connectivity index (χ1n) is 6.49. The van der Waals surface area contributed by atoms with Crippen LogP contribution < -0.4 is 11.5 Å². The van der Waals surface area contributed by atoms with Gasteiger partial charge in [0.05, 0.1) is 16.4 Å². The first-order chi connectivity index (χ1) is 10.5. The summed E-state index contributed by atoms with van der Waals surface area (Å²) in [7, 11) is 0. The Labute approximate surface area is 137 Å². The van der Waals surface area contributed by atoms with Crippen molar-refractivity contribution in [2.75, 3.05) is 11.5 Å². The number of hydrogen-bond acceptors (Lipinski definition) is 4. The van der Waals surface area contributed by atoms with E-state index in [1.54, 1.807) is 18.2 Å². The van der Waals surface area contributed by atoms with E-state index in [1.165, 1.54) is 0 Å². The summed E-state index contributed by atoms with van der Waals surface area (Å²) in [4.78, 5) is 8.52. The fourth-order valence-corrected chi connectivity index (χ4v) is 2.61. The molecule has 3 rings (SSSR count). The van der Waals surface area contributed by atoms with Gasteiger partial charge in [-0.25, -0.2) is 9.97 Å². The average Bonchev–Trinajstić information content (AvgIpc) is 2.47. The van der Waals surface area contributed by atoms with Crippen LogP contribution in [0.5, 0.6) is 0 Å². The standard InChI is InChI=1S/C16H12Cl2N4/c17-10-3-6-12(13(18)7-10)15-8-14(21-16(20)22-15)9-1-4-11(19)5-2-9/h1-8H,19H2,(H2,20,21,22). The van der Waals surface area contributed by atoms with E-state index in [1.807, 2.05) is 30.3 Å². The number of nitrogen functional groups attached to an aromatic ring is 2. The predicted octanol–water partition coefficient (Wildman–Crippen LogP) is 4.28. The zero-order chi connectivity index (χ0) is 15.7. The number of aromatic nitrogens is 2. The zero-order valence-corrected chi connectivity index (χ0v) is 12.9. The molecule has 0 unspecified atom stereocenters. The number of anilines is 2. The molecule has 3 aromatic rings. The van der Waals surface area contributed by atoms with Crippen molar-refractivity contribution < 1.29 is 0 Å². The van der Waals surface area contributed by atoms with E-state index in [0.717, 1.165) is 11.1 Å². The summed E-state index contributed by atoms with van der Waals surface area (Å²) >= 11 is 12.2. The lowest BCUT2D eigenvalue weighted by atomic mass is 10.1. The molecule has 1 heterocycles. The van der Waals surface area contributed by atoms with Crippen molar-refractivity contribution in [3.05, 3.63) is 58.6 Å². The molecule has 0 radical (unpaired) electrons. The largest absolute Gasteiger partial charge is 0.399 e. The van der Waals surface area contributed by atoms with Crippen molar-refractivity contribution in [2.24, 2.45) is 0 Å². The molecule has 0 atom stereocenters. The zero-order valence-electron chi connectivity index (χ0n) is 11.4. The number of hydrogen-bond donors (Lipinski definition) is 2. The van der Waals surface area contributed by atoms with Crippen LogP contribution in [-0.4, -0.2) is 9.97 Å². The molecule has 0 bridgehead atoms. The maximum atomic E-state index is 6.23. The predicted molar refractivity (Wildman–Crippen MR) is 91.7 cm³/mol. The minimum absolute atomic E-state index is 0.176. The molecule has 0 saturated carbocycles. The Morgan fingerprint density at radius 1 is 0.773 bits per heavy atom. The Hall–Kier alpha value is -2.30. The van der Waals surface area contributed by atoms with Gasteiger partial charge in [-0.15, -0.1) is 0 Å². The summed E-state index contributed by atoms with van der Waals surface area (Å²) in [5.41, 5.74) is 15.2. The third kappa shape index (κ3) is 2.98. The Bertz CT molecular complexity index is 832. The normalized spacial score (nSPS) is 10.6. The molecule has 0 aliphatic carbocycles. The van der Waals surface area contributed by atoms with E-state index in [2.05, 4.69) is 9.97 Å². The van der Waals surface area contributed by atoms with Gasteiger partial charge in [0, 0.05) is 21.8 Å². The number of nitrogens with zero attached hydrogens (tertiary/aromatic N) is 2. The lowest BCUT2D eigenvalue weighted by Crippen LogP contribution is -1.99. The average molecular weight is 331 g/mol. The van der Waals surface area contributed by atoms with Crippen molar-refractivity contribution in [1.29, 1.82) is 0 Å². The summed E-state index contributed by atoms with van der Waals surface area (Å²) < 4.78 is 0. The maximum absolute atomic E-state index is 6.23. The van der Waals surface area contributed by atoms with Crippen LogP contribution in [0.1, 0.15) is 0 Å². The van der Waals surface area contributed by atoms with Crippen LogP contribution >= 0.6 is 23.2 Å². The highest BCUT2D eigenvalue weighted by molar-refractivity contribution is 6.36. The molecule has 0 spiro atoms. The van der Waals surface area contributed by atoms with E-state index < -0.39 is 0 Å². The monoisotopic (exact) mass is 330 g/mol. The molecular weight excluding hydrogens is 319 g/mol. The summed E-state index contributed by atoms with van der Waals surface area (Å²) in [6.07, 6.45) is 0. The van der Waals surface area contributed by atoms with Crippen molar-refractivity contribution in [2.45, 2.75) is 0 Å². The van der Waals surface area contributed by atoms with Crippen LogP contribution in [0, 0.1) is 0 Å². The molecule has 4 nitrogen and oxygen atoms in total.